The quantitative estimate of drug-likeness (QED) is 0.939. The Balaban J connectivity index is 1.77. The predicted octanol–water partition coefficient (Wildman–Crippen LogP) is 2.09. The smallest absolute Gasteiger partial charge is 0.243 e. The van der Waals surface area contributed by atoms with Gasteiger partial charge in [0.2, 0.25) is 5.91 Å². The Labute approximate surface area is 135 Å². The molecule has 0 bridgehead atoms. The molecular formula is C18H20N2O3. The highest BCUT2D eigenvalue weighted by Crippen LogP contribution is 2.32. The molecule has 1 heterocycles. The fourth-order valence-electron chi connectivity index (χ4n) is 2.72. The summed E-state index contributed by atoms with van der Waals surface area (Å²) in [6.45, 7) is 0.665. The van der Waals surface area contributed by atoms with Crippen LogP contribution in [-0.2, 0) is 22.6 Å². The summed E-state index contributed by atoms with van der Waals surface area (Å²) in [5.74, 6) is 0.623. The van der Waals surface area contributed by atoms with Gasteiger partial charge in [0.15, 0.2) is 6.79 Å². The van der Waals surface area contributed by atoms with Gasteiger partial charge in [-0.3, -0.25) is 4.79 Å². The van der Waals surface area contributed by atoms with Crippen LogP contribution in [0.25, 0.3) is 0 Å². The molecule has 0 spiro atoms. The van der Waals surface area contributed by atoms with Gasteiger partial charge in [0.25, 0.3) is 0 Å². The van der Waals surface area contributed by atoms with E-state index in [0.29, 0.717) is 13.0 Å². The Hall–Kier alpha value is -2.37. The molecule has 0 saturated heterocycles. The van der Waals surface area contributed by atoms with Crippen molar-refractivity contribution in [2.45, 2.75) is 19.1 Å². The lowest BCUT2D eigenvalue weighted by atomic mass is 10.0. The number of hydrogen-bond acceptors (Lipinski definition) is 4. The molecule has 1 atom stereocenters. The van der Waals surface area contributed by atoms with Crippen LogP contribution in [0.3, 0.4) is 0 Å². The number of carbonyl (C=O) groups is 1. The Morgan fingerprint density at radius 1 is 1.22 bits per heavy atom. The molecule has 2 N–H and O–H groups in total. The maximum absolute atomic E-state index is 12.7. The third kappa shape index (κ3) is 3.36. The molecule has 120 valence electrons. The molecule has 23 heavy (non-hydrogen) atoms. The van der Waals surface area contributed by atoms with Crippen LogP contribution in [0.2, 0.25) is 0 Å². The van der Waals surface area contributed by atoms with Crippen LogP contribution in [0.4, 0.5) is 5.69 Å². The number of nitrogens with zero attached hydrogens (tertiary/aromatic N) is 1. The lowest BCUT2D eigenvalue weighted by Gasteiger charge is -2.27. The molecule has 0 aliphatic carbocycles. The molecule has 0 aromatic heterocycles. The fraction of sp³-hybridized carbons (Fsp3) is 0.278. The maximum Gasteiger partial charge on any atom is 0.243 e. The standard InChI is InChI=1S/C18H20N2O3/c1-20(16-8-5-9-17-14(16)11-22-12-23-17)18(21)15(19)10-13-6-3-2-4-7-13/h2-9,15H,10-12,19H2,1H3/t15-/m0/s1. The zero-order chi connectivity index (χ0) is 16.2. The third-order valence-corrected chi connectivity index (χ3v) is 3.96. The first-order chi connectivity index (χ1) is 11.2. The third-order valence-electron chi connectivity index (χ3n) is 3.96. The van der Waals surface area contributed by atoms with Gasteiger partial charge >= 0.3 is 0 Å². The lowest BCUT2D eigenvalue weighted by Crippen LogP contribution is -2.43. The van der Waals surface area contributed by atoms with Crippen LogP contribution in [0.5, 0.6) is 5.75 Å². The minimum atomic E-state index is -0.594. The summed E-state index contributed by atoms with van der Waals surface area (Å²) in [7, 11) is 1.73. The molecule has 2 aromatic carbocycles. The van der Waals surface area contributed by atoms with Crippen molar-refractivity contribution in [2.24, 2.45) is 5.73 Å². The molecule has 0 saturated carbocycles. The van der Waals surface area contributed by atoms with Crippen molar-refractivity contribution in [3.05, 3.63) is 59.7 Å². The van der Waals surface area contributed by atoms with Crippen molar-refractivity contribution < 1.29 is 14.3 Å². The van der Waals surface area contributed by atoms with E-state index in [-0.39, 0.29) is 12.7 Å². The number of ether oxygens (including phenoxy) is 2. The van der Waals surface area contributed by atoms with Gasteiger partial charge in [-0.15, -0.1) is 0 Å². The normalized spacial score (nSPS) is 14.5. The number of likely N-dealkylation sites (N-methyl/N-ethyl adjacent to an activating group) is 1. The zero-order valence-corrected chi connectivity index (χ0v) is 13.1. The van der Waals surface area contributed by atoms with Gasteiger partial charge in [0, 0.05) is 12.6 Å². The number of nitrogens with two attached hydrogens (primary N) is 1. The molecule has 3 rings (SSSR count). The highest BCUT2D eigenvalue weighted by atomic mass is 16.7. The first kappa shape index (κ1) is 15.5. The Morgan fingerprint density at radius 2 is 2.00 bits per heavy atom. The van der Waals surface area contributed by atoms with Gasteiger partial charge in [-0.05, 0) is 24.1 Å². The molecule has 2 aromatic rings. The molecule has 1 aliphatic rings. The summed E-state index contributed by atoms with van der Waals surface area (Å²) in [5.41, 5.74) is 8.80. The van der Waals surface area contributed by atoms with Crippen LogP contribution in [-0.4, -0.2) is 25.8 Å². The first-order valence-electron chi connectivity index (χ1n) is 7.56. The second-order valence-corrected chi connectivity index (χ2v) is 5.56. The van der Waals surface area contributed by atoms with E-state index in [9.17, 15) is 4.79 Å². The molecule has 5 heteroatoms. The highest BCUT2D eigenvalue weighted by Gasteiger charge is 2.24. The SMILES string of the molecule is CN(C(=O)[C@@H](N)Cc1ccccc1)c1cccc2c1COCO2. The van der Waals surface area contributed by atoms with Crippen LogP contribution >= 0.6 is 0 Å². The van der Waals surface area contributed by atoms with Crippen molar-refractivity contribution in [2.75, 3.05) is 18.7 Å². The van der Waals surface area contributed by atoms with Gasteiger partial charge in [-0.2, -0.15) is 0 Å². The van der Waals surface area contributed by atoms with E-state index < -0.39 is 6.04 Å². The van der Waals surface area contributed by atoms with E-state index in [2.05, 4.69) is 0 Å². The monoisotopic (exact) mass is 312 g/mol. The van der Waals surface area contributed by atoms with E-state index in [1.165, 1.54) is 0 Å². The average molecular weight is 312 g/mol. The molecule has 0 unspecified atom stereocenters. The maximum atomic E-state index is 12.7. The van der Waals surface area contributed by atoms with E-state index in [4.69, 9.17) is 15.2 Å². The van der Waals surface area contributed by atoms with Crippen LogP contribution in [0, 0.1) is 0 Å². The van der Waals surface area contributed by atoms with Crippen molar-refractivity contribution in [1.82, 2.24) is 0 Å². The second-order valence-electron chi connectivity index (χ2n) is 5.56. The van der Waals surface area contributed by atoms with Gasteiger partial charge in [0.1, 0.15) is 5.75 Å². The fourth-order valence-corrected chi connectivity index (χ4v) is 2.72. The summed E-state index contributed by atoms with van der Waals surface area (Å²) >= 11 is 0. The predicted molar refractivity (Wildman–Crippen MR) is 88.3 cm³/mol. The van der Waals surface area contributed by atoms with Gasteiger partial charge in [0.05, 0.1) is 18.3 Å². The van der Waals surface area contributed by atoms with E-state index in [1.807, 2.05) is 48.5 Å². The van der Waals surface area contributed by atoms with Crippen molar-refractivity contribution in [3.8, 4) is 5.75 Å². The van der Waals surface area contributed by atoms with Gasteiger partial charge in [-0.1, -0.05) is 36.4 Å². The van der Waals surface area contributed by atoms with Gasteiger partial charge in [-0.25, -0.2) is 0 Å². The Bertz CT molecular complexity index is 688. The molecule has 1 amide bonds. The van der Waals surface area contributed by atoms with E-state index in [0.717, 1.165) is 22.6 Å². The largest absolute Gasteiger partial charge is 0.467 e. The summed E-state index contributed by atoms with van der Waals surface area (Å²) in [6.07, 6.45) is 0.506. The topological polar surface area (TPSA) is 64.8 Å². The number of rotatable bonds is 4. The zero-order valence-electron chi connectivity index (χ0n) is 13.1. The molecule has 0 radical (unpaired) electrons. The number of benzene rings is 2. The first-order valence-corrected chi connectivity index (χ1v) is 7.56. The number of carbonyl (C=O) groups excluding carboxylic acids is 1. The number of fused-ring (bicyclic) bond motifs is 1. The van der Waals surface area contributed by atoms with E-state index >= 15 is 0 Å². The second kappa shape index (κ2) is 6.81. The van der Waals surface area contributed by atoms with Crippen molar-refractivity contribution in [3.63, 3.8) is 0 Å². The average Bonchev–Trinajstić information content (AvgIpc) is 2.60. The van der Waals surface area contributed by atoms with Crippen molar-refractivity contribution in [1.29, 1.82) is 0 Å². The number of hydrogen-bond donors (Lipinski definition) is 1. The minimum Gasteiger partial charge on any atom is -0.467 e. The van der Waals surface area contributed by atoms with Crippen LogP contribution in [0.15, 0.2) is 48.5 Å². The Kier molecular flexibility index (Phi) is 4.60. The van der Waals surface area contributed by atoms with E-state index in [1.54, 1.807) is 11.9 Å². The molecule has 0 fully saturated rings. The van der Waals surface area contributed by atoms with Crippen LogP contribution < -0.4 is 15.4 Å². The molecular weight excluding hydrogens is 292 g/mol. The summed E-state index contributed by atoms with van der Waals surface area (Å²) < 4.78 is 10.8. The lowest BCUT2D eigenvalue weighted by molar-refractivity contribution is -0.119. The van der Waals surface area contributed by atoms with Crippen molar-refractivity contribution >= 4 is 11.6 Å². The molecule has 5 nitrogen and oxygen atoms in total. The summed E-state index contributed by atoms with van der Waals surface area (Å²) in [6, 6.07) is 14.8. The van der Waals surface area contributed by atoms with Crippen LogP contribution in [0.1, 0.15) is 11.1 Å². The minimum absolute atomic E-state index is 0.132. The Morgan fingerprint density at radius 3 is 2.78 bits per heavy atom. The summed E-state index contributed by atoms with van der Waals surface area (Å²) in [5, 5.41) is 0. The van der Waals surface area contributed by atoms with Gasteiger partial charge < -0.3 is 20.1 Å². The number of amides is 1. The number of anilines is 1. The summed E-state index contributed by atoms with van der Waals surface area (Å²) in [4.78, 5) is 14.2. The highest BCUT2D eigenvalue weighted by molar-refractivity contribution is 5.97. The molecule has 1 aliphatic heterocycles.